The van der Waals surface area contributed by atoms with Gasteiger partial charge in [0.25, 0.3) is 10.9 Å². The first-order valence-electron chi connectivity index (χ1n) is 12.7. The van der Waals surface area contributed by atoms with Gasteiger partial charge < -0.3 is 9.29 Å². The van der Waals surface area contributed by atoms with E-state index < -0.39 is 32.0 Å². The topological polar surface area (TPSA) is 128 Å². The minimum Gasteiger partial charge on any atom is -0.747 e. The highest BCUT2D eigenvalue weighted by Gasteiger charge is 2.29. The molecular formula is C29H28N2O7S3. The van der Waals surface area contributed by atoms with E-state index in [1.807, 2.05) is 69.3 Å². The Morgan fingerprint density at radius 1 is 1.02 bits per heavy atom. The lowest BCUT2D eigenvalue weighted by molar-refractivity contribution is -0.649. The number of aromatic nitrogens is 1. The van der Waals surface area contributed by atoms with Crippen molar-refractivity contribution in [2.24, 2.45) is 0 Å². The third-order valence-corrected chi connectivity index (χ3v) is 9.04. The predicted octanol–water partition coefficient (Wildman–Crippen LogP) is 5.35. The molecule has 0 bridgehead atoms. The lowest BCUT2D eigenvalue weighted by Gasteiger charge is -2.20. The normalized spacial score (nSPS) is 15.0. The summed E-state index contributed by atoms with van der Waals surface area (Å²) in [5.74, 6) is -0.888. The Morgan fingerprint density at radius 3 is 2.39 bits per heavy atom. The molecule has 41 heavy (non-hydrogen) atoms. The molecule has 0 atom stereocenters. The summed E-state index contributed by atoms with van der Waals surface area (Å²) < 4.78 is 77.6. The molecule has 1 aliphatic rings. The first-order valence-corrected chi connectivity index (χ1v) is 16.7. The minimum atomic E-state index is -4.68. The van der Waals surface area contributed by atoms with Gasteiger partial charge >= 0.3 is 10.1 Å². The maximum atomic E-state index is 11.9. The summed E-state index contributed by atoms with van der Waals surface area (Å²) in [5.41, 5.74) is 5.58. The number of nitrogens with zero attached hydrogens (tertiary/aromatic N) is 2. The summed E-state index contributed by atoms with van der Waals surface area (Å²) >= 11 is 1.37. The zero-order valence-corrected chi connectivity index (χ0v) is 25.0. The molecule has 5 rings (SSSR count). The molecule has 0 unspecified atom stereocenters. The third kappa shape index (κ3) is 6.52. The van der Waals surface area contributed by atoms with Crippen LogP contribution in [0.2, 0.25) is 0 Å². The zero-order valence-electron chi connectivity index (χ0n) is 22.6. The molecule has 214 valence electrons. The quantitative estimate of drug-likeness (QED) is 0.208. The molecule has 1 N–H and O–H groups in total. The molecule has 0 saturated carbocycles. The van der Waals surface area contributed by atoms with E-state index in [1.165, 1.54) is 20.8 Å². The van der Waals surface area contributed by atoms with Gasteiger partial charge in [-0.15, -0.1) is 0 Å². The van der Waals surface area contributed by atoms with Gasteiger partial charge in [-0.3, -0.25) is 9.45 Å². The van der Waals surface area contributed by atoms with E-state index >= 15 is 0 Å². The fourth-order valence-electron chi connectivity index (χ4n) is 4.63. The van der Waals surface area contributed by atoms with Crippen molar-refractivity contribution in [1.29, 1.82) is 0 Å². The second-order valence-electron chi connectivity index (χ2n) is 9.80. The second kappa shape index (κ2) is 11.0. The summed E-state index contributed by atoms with van der Waals surface area (Å²) in [5, 5.41) is 0.571. The van der Waals surface area contributed by atoms with E-state index in [-0.39, 0.29) is 5.88 Å². The molecule has 2 heterocycles. The molecule has 0 fully saturated rings. The molecule has 0 radical (unpaired) electrons. The molecule has 1 aliphatic heterocycles. The standard InChI is InChI=1S/C29H28N2O7S3/c1-4-21(15-29-31(18-41(35,36)37)25-12-19(2)20(3)13-27(25)39-29)14-28-30(17-40(32,33)34)24-16-23(10-11-26(24)38-28)22-8-6-5-7-9-22/h5-16H,4,17-18H2,1-3H3,(H-,32,33,34,35,36,37). The van der Waals surface area contributed by atoms with E-state index in [0.29, 0.717) is 34.0 Å². The first kappa shape index (κ1) is 29.0. The van der Waals surface area contributed by atoms with Crippen LogP contribution >= 0.6 is 11.3 Å². The number of allylic oxidation sites excluding steroid dienone is 2. The van der Waals surface area contributed by atoms with Crippen LogP contribution in [-0.2, 0) is 26.1 Å². The fourth-order valence-corrected chi connectivity index (χ4v) is 7.12. The number of hydrogen-bond donors (Lipinski definition) is 1. The molecule has 0 saturated heterocycles. The van der Waals surface area contributed by atoms with Crippen molar-refractivity contribution in [2.45, 2.75) is 33.1 Å². The van der Waals surface area contributed by atoms with E-state index in [4.69, 9.17) is 4.74 Å². The SMILES string of the molecule is CCC(=Cc1sc2cc(C)c(C)cc2[n+]1CS(=O)(=O)O)C=C1Oc2ccc(-c3ccccc3)cc2N1CS(=O)(=O)[O-]. The van der Waals surface area contributed by atoms with Crippen LogP contribution in [0.5, 0.6) is 5.75 Å². The van der Waals surface area contributed by atoms with Crippen LogP contribution in [0.4, 0.5) is 5.69 Å². The van der Waals surface area contributed by atoms with Crippen molar-refractivity contribution in [2.75, 3.05) is 10.8 Å². The number of fused-ring (bicyclic) bond motifs is 2. The van der Waals surface area contributed by atoms with Crippen molar-refractivity contribution < 1.29 is 35.2 Å². The van der Waals surface area contributed by atoms with Gasteiger partial charge in [0.15, 0.2) is 5.75 Å². The van der Waals surface area contributed by atoms with Gasteiger partial charge in [-0.1, -0.05) is 54.7 Å². The Balaban J connectivity index is 1.61. The lowest BCUT2D eigenvalue weighted by Crippen LogP contribution is -2.39. The monoisotopic (exact) mass is 612 g/mol. The van der Waals surface area contributed by atoms with Crippen molar-refractivity contribution >= 4 is 53.6 Å². The molecule has 0 spiro atoms. The first-order chi connectivity index (χ1) is 19.3. The number of rotatable bonds is 8. The second-order valence-corrected chi connectivity index (χ2v) is 13.7. The molecule has 4 aromatic rings. The number of aryl methyl sites for hydroxylation is 2. The van der Waals surface area contributed by atoms with Crippen molar-refractivity contribution in [3.05, 3.63) is 94.3 Å². The third-order valence-electron chi connectivity index (χ3n) is 6.79. The highest BCUT2D eigenvalue weighted by atomic mass is 32.2. The van der Waals surface area contributed by atoms with Gasteiger partial charge in [-0.2, -0.15) is 13.0 Å². The molecular weight excluding hydrogens is 585 g/mol. The lowest BCUT2D eigenvalue weighted by atomic mass is 10.0. The van der Waals surface area contributed by atoms with Gasteiger partial charge in [0.05, 0.1) is 5.69 Å². The van der Waals surface area contributed by atoms with Gasteiger partial charge in [0, 0.05) is 18.2 Å². The average Bonchev–Trinajstić information content (AvgIpc) is 3.38. The molecule has 9 nitrogen and oxygen atoms in total. The summed E-state index contributed by atoms with van der Waals surface area (Å²) in [6.07, 6.45) is 3.90. The summed E-state index contributed by atoms with van der Waals surface area (Å²) in [6.45, 7) is 5.79. The van der Waals surface area contributed by atoms with Gasteiger partial charge in [-0.25, -0.2) is 8.42 Å². The van der Waals surface area contributed by atoms with E-state index in [1.54, 1.807) is 24.3 Å². The number of hydrogen-bond acceptors (Lipinski definition) is 8. The van der Waals surface area contributed by atoms with Gasteiger partial charge in [0.2, 0.25) is 11.4 Å². The van der Waals surface area contributed by atoms with E-state index in [9.17, 15) is 25.9 Å². The molecule has 3 aromatic carbocycles. The van der Waals surface area contributed by atoms with Crippen molar-refractivity contribution in [3.63, 3.8) is 0 Å². The Labute approximate surface area is 243 Å². The smallest absolute Gasteiger partial charge is 0.326 e. The largest absolute Gasteiger partial charge is 0.747 e. The molecule has 0 amide bonds. The van der Waals surface area contributed by atoms with Crippen LogP contribution in [0.3, 0.4) is 0 Å². The maximum absolute atomic E-state index is 11.9. The number of anilines is 1. The molecule has 12 heteroatoms. The van der Waals surface area contributed by atoms with Crippen LogP contribution in [0, 0.1) is 13.8 Å². The highest BCUT2D eigenvalue weighted by molar-refractivity contribution is 7.85. The van der Waals surface area contributed by atoms with Crippen LogP contribution < -0.4 is 14.2 Å². The average molecular weight is 613 g/mol. The molecule has 0 aliphatic carbocycles. The van der Waals surface area contributed by atoms with Crippen molar-refractivity contribution in [3.8, 4) is 16.9 Å². The Bertz CT molecular complexity index is 1930. The number of benzene rings is 3. The Morgan fingerprint density at radius 2 is 1.73 bits per heavy atom. The van der Waals surface area contributed by atoms with E-state index in [2.05, 4.69) is 0 Å². The summed E-state index contributed by atoms with van der Waals surface area (Å²) in [4.78, 5) is 1.33. The molecule has 1 aromatic heterocycles. The summed E-state index contributed by atoms with van der Waals surface area (Å²) in [6, 6.07) is 18.8. The zero-order chi connectivity index (χ0) is 29.5. The van der Waals surface area contributed by atoms with Gasteiger partial charge in [-0.05, 0) is 66.3 Å². The maximum Gasteiger partial charge on any atom is 0.326 e. The Hall–Kier alpha value is -3.55. The van der Waals surface area contributed by atoms with Crippen LogP contribution in [0.25, 0.3) is 27.4 Å². The predicted molar refractivity (Wildman–Crippen MR) is 159 cm³/mol. The number of ether oxygens (including phenoxy) is 1. The highest BCUT2D eigenvalue weighted by Crippen LogP contribution is 2.42. The number of thiazole rings is 1. The minimum absolute atomic E-state index is 0.159. The Kier molecular flexibility index (Phi) is 7.79. The fraction of sp³-hybridized carbons (Fsp3) is 0.207. The summed E-state index contributed by atoms with van der Waals surface area (Å²) in [7, 11) is -9.03. The van der Waals surface area contributed by atoms with Crippen LogP contribution in [0.15, 0.2) is 78.2 Å². The van der Waals surface area contributed by atoms with E-state index in [0.717, 1.165) is 27.0 Å². The van der Waals surface area contributed by atoms with Gasteiger partial charge in [0.1, 0.15) is 20.7 Å². The van der Waals surface area contributed by atoms with Crippen molar-refractivity contribution in [1.82, 2.24) is 0 Å². The van der Waals surface area contributed by atoms with Crippen LogP contribution in [-0.4, -0.2) is 31.8 Å². The van der Waals surface area contributed by atoms with Crippen LogP contribution in [0.1, 0.15) is 29.5 Å².